The lowest BCUT2D eigenvalue weighted by molar-refractivity contribution is -0.117. The van der Waals surface area contributed by atoms with Gasteiger partial charge in [0.1, 0.15) is 11.6 Å². The summed E-state index contributed by atoms with van der Waals surface area (Å²) in [5.74, 6) is 0.153. The van der Waals surface area contributed by atoms with Crippen LogP contribution in [-0.4, -0.2) is 23.6 Å². The summed E-state index contributed by atoms with van der Waals surface area (Å²) in [6.45, 7) is 11.2. The van der Waals surface area contributed by atoms with Gasteiger partial charge in [0, 0.05) is 5.69 Å². The van der Waals surface area contributed by atoms with Crippen LogP contribution in [0, 0.1) is 0 Å². The Balaban J connectivity index is 2.55. The van der Waals surface area contributed by atoms with Crippen molar-refractivity contribution in [2.75, 3.05) is 5.32 Å². The van der Waals surface area contributed by atoms with Crippen molar-refractivity contribution in [2.45, 2.75) is 59.1 Å². The molecule has 0 spiro atoms. The molecule has 0 aliphatic heterocycles. The molecule has 0 unspecified atom stereocenters. The van der Waals surface area contributed by atoms with Crippen LogP contribution in [-0.2, 0) is 9.53 Å². The van der Waals surface area contributed by atoms with Crippen LogP contribution >= 0.6 is 0 Å². The van der Waals surface area contributed by atoms with Crippen molar-refractivity contribution in [3.8, 4) is 0 Å². The van der Waals surface area contributed by atoms with Gasteiger partial charge in [0.2, 0.25) is 5.91 Å². The molecule has 0 fully saturated rings. The van der Waals surface area contributed by atoms with Crippen LogP contribution in [0.3, 0.4) is 0 Å². The van der Waals surface area contributed by atoms with Crippen molar-refractivity contribution < 1.29 is 14.3 Å². The first-order chi connectivity index (χ1) is 10.1. The molecule has 0 aliphatic rings. The Kier molecular flexibility index (Phi) is 5.97. The Morgan fingerprint density at radius 3 is 2.05 bits per heavy atom. The van der Waals surface area contributed by atoms with Crippen molar-refractivity contribution >= 4 is 17.7 Å². The summed E-state index contributed by atoms with van der Waals surface area (Å²) < 4.78 is 5.12. The highest BCUT2D eigenvalue weighted by Crippen LogP contribution is 2.17. The van der Waals surface area contributed by atoms with Gasteiger partial charge in [0.15, 0.2) is 0 Å². The van der Waals surface area contributed by atoms with Crippen LogP contribution in [0.1, 0.15) is 53.0 Å². The molecule has 0 saturated heterocycles. The SMILES string of the molecule is CC(C)c1ccc(NC(=O)[C@@H](C)NC(=O)OC(C)(C)C)cc1. The molecule has 22 heavy (non-hydrogen) atoms. The zero-order chi connectivity index (χ0) is 16.9. The fourth-order valence-electron chi connectivity index (χ4n) is 1.75. The van der Waals surface area contributed by atoms with E-state index in [0.29, 0.717) is 11.6 Å². The molecule has 2 amide bonds. The number of carbonyl (C=O) groups is 2. The minimum atomic E-state index is -0.681. The van der Waals surface area contributed by atoms with Crippen molar-refractivity contribution in [1.29, 1.82) is 0 Å². The summed E-state index contributed by atoms with van der Waals surface area (Å²) in [6, 6.07) is 6.99. The molecule has 0 bridgehead atoms. The van der Waals surface area contributed by atoms with Gasteiger partial charge in [-0.3, -0.25) is 4.79 Å². The molecule has 1 atom stereocenters. The highest BCUT2D eigenvalue weighted by atomic mass is 16.6. The molecular weight excluding hydrogens is 280 g/mol. The summed E-state index contributed by atoms with van der Waals surface area (Å²) in [7, 11) is 0. The Morgan fingerprint density at radius 2 is 1.59 bits per heavy atom. The summed E-state index contributed by atoms with van der Waals surface area (Å²) in [5.41, 5.74) is 1.32. The van der Waals surface area contributed by atoms with Gasteiger partial charge in [-0.1, -0.05) is 26.0 Å². The Labute approximate surface area is 132 Å². The van der Waals surface area contributed by atoms with E-state index in [-0.39, 0.29) is 5.91 Å². The lowest BCUT2D eigenvalue weighted by Gasteiger charge is -2.21. The van der Waals surface area contributed by atoms with Crippen molar-refractivity contribution in [2.24, 2.45) is 0 Å². The number of alkyl carbamates (subject to hydrolysis) is 1. The van der Waals surface area contributed by atoms with E-state index < -0.39 is 17.7 Å². The standard InChI is InChI=1S/C17H26N2O3/c1-11(2)13-7-9-14(10-8-13)19-15(20)12(3)18-16(21)22-17(4,5)6/h7-12H,1-6H3,(H,18,21)(H,19,20)/t12-/m1/s1. The van der Waals surface area contributed by atoms with Gasteiger partial charge in [0.05, 0.1) is 0 Å². The van der Waals surface area contributed by atoms with Crippen molar-refractivity contribution in [3.63, 3.8) is 0 Å². The number of amides is 2. The van der Waals surface area contributed by atoms with Gasteiger partial charge in [-0.25, -0.2) is 4.79 Å². The number of rotatable bonds is 4. The first kappa shape index (κ1) is 18.0. The number of hydrogen-bond donors (Lipinski definition) is 2. The molecule has 122 valence electrons. The predicted molar refractivity (Wildman–Crippen MR) is 88.0 cm³/mol. The molecule has 0 saturated carbocycles. The molecule has 1 aromatic carbocycles. The average Bonchev–Trinajstić information content (AvgIpc) is 2.36. The molecule has 1 aromatic rings. The van der Waals surface area contributed by atoms with Crippen LogP contribution in [0.4, 0.5) is 10.5 Å². The van der Waals surface area contributed by atoms with Gasteiger partial charge in [-0.05, 0) is 51.3 Å². The number of hydrogen-bond acceptors (Lipinski definition) is 3. The quantitative estimate of drug-likeness (QED) is 0.892. The molecular formula is C17H26N2O3. The molecule has 5 nitrogen and oxygen atoms in total. The van der Waals surface area contributed by atoms with Gasteiger partial charge >= 0.3 is 6.09 Å². The van der Waals surface area contributed by atoms with Crippen molar-refractivity contribution in [3.05, 3.63) is 29.8 Å². The van der Waals surface area contributed by atoms with E-state index in [1.807, 2.05) is 24.3 Å². The third-order valence-corrected chi connectivity index (χ3v) is 2.97. The lowest BCUT2D eigenvalue weighted by atomic mass is 10.0. The zero-order valence-electron chi connectivity index (χ0n) is 14.2. The van der Waals surface area contributed by atoms with E-state index in [1.165, 1.54) is 5.56 Å². The van der Waals surface area contributed by atoms with Gasteiger partial charge in [-0.15, -0.1) is 0 Å². The molecule has 5 heteroatoms. The van der Waals surface area contributed by atoms with E-state index in [9.17, 15) is 9.59 Å². The number of carbonyl (C=O) groups excluding carboxylic acids is 2. The normalized spacial score (nSPS) is 12.7. The zero-order valence-corrected chi connectivity index (χ0v) is 14.2. The third kappa shape index (κ3) is 6.16. The number of nitrogens with one attached hydrogen (secondary N) is 2. The van der Waals surface area contributed by atoms with E-state index in [2.05, 4.69) is 24.5 Å². The topological polar surface area (TPSA) is 67.4 Å². The second-order valence-corrected chi connectivity index (χ2v) is 6.63. The molecule has 0 heterocycles. The Morgan fingerprint density at radius 1 is 1.05 bits per heavy atom. The molecule has 2 N–H and O–H groups in total. The maximum Gasteiger partial charge on any atom is 0.408 e. The second-order valence-electron chi connectivity index (χ2n) is 6.63. The minimum absolute atomic E-state index is 0.289. The molecule has 0 aliphatic carbocycles. The Hall–Kier alpha value is -2.04. The highest BCUT2D eigenvalue weighted by Gasteiger charge is 2.21. The predicted octanol–water partition coefficient (Wildman–Crippen LogP) is 3.66. The molecule has 0 aromatic heterocycles. The fraction of sp³-hybridized carbons (Fsp3) is 0.529. The average molecular weight is 306 g/mol. The largest absolute Gasteiger partial charge is 0.444 e. The number of benzene rings is 1. The Bertz CT molecular complexity index is 516. The van der Waals surface area contributed by atoms with Gasteiger partial charge in [-0.2, -0.15) is 0 Å². The number of ether oxygens (including phenoxy) is 1. The smallest absolute Gasteiger partial charge is 0.408 e. The molecule has 0 radical (unpaired) electrons. The summed E-state index contributed by atoms with van der Waals surface area (Å²) >= 11 is 0. The highest BCUT2D eigenvalue weighted by molar-refractivity contribution is 5.96. The van der Waals surface area contributed by atoms with Crippen LogP contribution in [0.2, 0.25) is 0 Å². The first-order valence-electron chi connectivity index (χ1n) is 7.49. The first-order valence-corrected chi connectivity index (χ1v) is 7.49. The van der Waals surface area contributed by atoms with Crippen LogP contribution in [0.25, 0.3) is 0 Å². The van der Waals surface area contributed by atoms with Crippen molar-refractivity contribution in [1.82, 2.24) is 5.32 Å². The van der Waals surface area contributed by atoms with E-state index in [1.54, 1.807) is 27.7 Å². The van der Waals surface area contributed by atoms with Crippen LogP contribution in [0.15, 0.2) is 24.3 Å². The molecule has 1 rings (SSSR count). The monoisotopic (exact) mass is 306 g/mol. The lowest BCUT2D eigenvalue weighted by Crippen LogP contribution is -2.43. The third-order valence-electron chi connectivity index (χ3n) is 2.97. The van der Waals surface area contributed by atoms with E-state index in [4.69, 9.17) is 4.74 Å². The van der Waals surface area contributed by atoms with E-state index >= 15 is 0 Å². The maximum atomic E-state index is 12.1. The van der Waals surface area contributed by atoms with Crippen LogP contribution < -0.4 is 10.6 Å². The summed E-state index contributed by atoms with van der Waals surface area (Å²) in [6.07, 6.45) is -0.606. The van der Waals surface area contributed by atoms with E-state index in [0.717, 1.165) is 0 Å². The van der Waals surface area contributed by atoms with Gasteiger partial charge in [0.25, 0.3) is 0 Å². The maximum absolute atomic E-state index is 12.1. The minimum Gasteiger partial charge on any atom is -0.444 e. The fourth-order valence-corrected chi connectivity index (χ4v) is 1.75. The summed E-state index contributed by atoms with van der Waals surface area (Å²) in [5, 5.41) is 5.28. The van der Waals surface area contributed by atoms with Crippen LogP contribution in [0.5, 0.6) is 0 Å². The number of anilines is 1. The second kappa shape index (κ2) is 7.29. The van der Waals surface area contributed by atoms with Gasteiger partial charge < -0.3 is 15.4 Å². The summed E-state index contributed by atoms with van der Waals surface area (Å²) in [4.78, 5) is 23.7.